The molecule has 80 valence electrons. The van der Waals surface area contributed by atoms with Crippen LogP contribution in [-0.2, 0) is 0 Å². The van der Waals surface area contributed by atoms with Gasteiger partial charge in [-0.05, 0) is 9.61 Å². The Morgan fingerprint density at radius 1 is 1.20 bits per heavy atom. The number of nitro groups is 3. The lowest BCUT2D eigenvalue weighted by Crippen LogP contribution is -2.26. The Bertz CT molecular complexity index is 410. The third-order valence-electron chi connectivity index (χ3n) is 1.27. The molecule has 0 aliphatic rings. The Labute approximate surface area is 79.6 Å². The Balaban J connectivity index is 3.07. The summed E-state index contributed by atoms with van der Waals surface area (Å²) in [5.74, 6) is -0.941. The SMILES string of the molecule is O=[N+]([O-])c1ncn(C([N+](=O)[O-])[N+](=O)[O-])n1. The molecule has 0 fully saturated rings. The van der Waals surface area contributed by atoms with E-state index >= 15 is 0 Å². The molecule has 0 spiro atoms. The van der Waals surface area contributed by atoms with E-state index in [-0.39, 0.29) is 4.68 Å². The average molecular weight is 218 g/mol. The quantitative estimate of drug-likeness (QED) is 0.360. The van der Waals surface area contributed by atoms with Gasteiger partial charge in [-0.25, -0.2) is 0 Å². The van der Waals surface area contributed by atoms with Crippen LogP contribution in [-0.4, -0.2) is 29.5 Å². The van der Waals surface area contributed by atoms with Gasteiger partial charge in [0.05, 0.1) is 0 Å². The Morgan fingerprint density at radius 2 is 1.73 bits per heavy atom. The van der Waals surface area contributed by atoms with E-state index in [2.05, 4.69) is 10.1 Å². The first-order valence-corrected chi connectivity index (χ1v) is 3.26. The molecule has 0 saturated heterocycles. The highest BCUT2D eigenvalue weighted by molar-refractivity contribution is 4.96. The van der Waals surface area contributed by atoms with Gasteiger partial charge in [0.2, 0.25) is 6.33 Å². The molecule has 15 heavy (non-hydrogen) atoms. The summed E-state index contributed by atoms with van der Waals surface area (Å²) in [6, 6.07) is 0. The maximum Gasteiger partial charge on any atom is 0.567 e. The molecule has 1 heterocycles. The molecule has 0 aliphatic heterocycles. The van der Waals surface area contributed by atoms with E-state index in [1.54, 1.807) is 0 Å². The lowest BCUT2D eigenvalue weighted by molar-refractivity contribution is -0.775. The molecule has 0 radical (unpaired) electrons. The van der Waals surface area contributed by atoms with Crippen molar-refractivity contribution in [2.45, 2.75) is 6.29 Å². The Kier molecular flexibility index (Phi) is 2.50. The topological polar surface area (TPSA) is 160 Å². The average Bonchev–Trinajstić information content (AvgIpc) is 2.51. The first kappa shape index (κ1) is 10.4. The highest BCUT2D eigenvalue weighted by atomic mass is 16.7. The van der Waals surface area contributed by atoms with Gasteiger partial charge in [-0.1, -0.05) is 4.98 Å². The van der Waals surface area contributed by atoms with Crippen LogP contribution in [0.15, 0.2) is 6.33 Å². The van der Waals surface area contributed by atoms with E-state index < -0.39 is 27.0 Å². The smallest absolute Gasteiger partial charge is 0.390 e. The molecule has 0 unspecified atom stereocenters. The maximum absolute atomic E-state index is 10.2. The largest absolute Gasteiger partial charge is 0.567 e. The van der Waals surface area contributed by atoms with Crippen molar-refractivity contribution >= 4 is 5.95 Å². The van der Waals surface area contributed by atoms with Crippen molar-refractivity contribution in [1.29, 1.82) is 0 Å². The molecule has 0 saturated carbocycles. The van der Waals surface area contributed by atoms with Crippen molar-refractivity contribution < 1.29 is 14.8 Å². The lowest BCUT2D eigenvalue weighted by Gasteiger charge is -1.96. The van der Waals surface area contributed by atoms with E-state index in [4.69, 9.17) is 0 Å². The fraction of sp³-hybridized carbons (Fsp3) is 0.333. The van der Waals surface area contributed by atoms with Crippen LogP contribution >= 0.6 is 0 Å². The second kappa shape index (κ2) is 3.60. The molecule has 0 bridgehead atoms. The van der Waals surface area contributed by atoms with E-state index in [1.807, 2.05) is 0 Å². The van der Waals surface area contributed by atoms with Crippen LogP contribution < -0.4 is 0 Å². The second-order valence-electron chi connectivity index (χ2n) is 2.20. The highest BCUT2D eigenvalue weighted by Crippen LogP contribution is 2.09. The number of rotatable bonds is 4. The molecular formula is C3H2N6O6. The van der Waals surface area contributed by atoms with Crippen LogP contribution in [0.3, 0.4) is 0 Å². The Morgan fingerprint density at radius 3 is 2.07 bits per heavy atom. The molecule has 0 aromatic carbocycles. The monoisotopic (exact) mass is 218 g/mol. The first-order chi connectivity index (χ1) is 6.93. The van der Waals surface area contributed by atoms with Crippen LogP contribution in [0.25, 0.3) is 0 Å². The normalized spacial score (nSPS) is 10.2. The second-order valence-corrected chi connectivity index (χ2v) is 2.20. The number of aromatic nitrogens is 3. The molecule has 0 amide bonds. The fourth-order valence-electron chi connectivity index (χ4n) is 0.731. The van der Waals surface area contributed by atoms with Crippen molar-refractivity contribution in [1.82, 2.24) is 14.8 Å². The summed E-state index contributed by atoms with van der Waals surface area (Å²) < 4.78 is 0.193. The van der Waals surface area contributed by atoms with Gasteiger partial charge in [0.15, 0.2) is 0 Å². The number of hydrogen-bond donors (Lipinski definition) is 0. The summed E-state index contributed by atoms with van der Waals surface area (Å²) in [7, 11) is 0. The molecule has 1 aromatic rings. The molecule has 0 atom stereocenters. The molecule has 0 aliphatic carbocycles. The standard InChI is InChI=1S/C3H2N6O6/c10-7(11)2-4-1-6(5-2)3(8(12)13)9(14)15/h1,3H. The van der Waals surface area contributed by atoms with Gasteiger partial charge < -0.3 is 10.1 Å². The minimum atomic E-state index is -2.41. The molecule has 12 nitrogen and oxygen atoms in total. The zero-order valence-electron chi connectivity index (χ0n) is 6.79. The van der Waals surface area contributed by atoms with E-state index in [0.717, 1.165) is 0 Å². The van der Waals surface area contributed by atoms with Gasteiger partial charge in [-0.2, -0.15) is 0 Å². The minimum Gasteiger partial charge on any atom is -0.390 e. The van der Waals surface area contributed by atoms with Crippen molar-refractivity contribution in [3.8, 4) is 0 Å². The summed E-state index contributed by atoms with van der Waals surface area (Å²) in [6.07, 6.45) is -1.86. The van der Waals surface area contributed by atoms with Gasteiger partial charge in [-0.15, -0.1) is 0 Å². The summed E-state index contributed by atoms with van der Waals surface area (Å²) in [5.41, 5.74) is 0. The van der Waals surface area contributed by atoms with Crippen LogP contribution in [0.5, 0.6) is 0 Å². The van der Waals surface area contributed by atoms with Gasteiger partial charge in [0, 0.05) is 5.10 Å². The third kappa shape index (κ3) is 1.98. The van der Waals surface area contributed by atoms with Crippen LogP contribution in [0.2, 0.25) is 0 Å². The number of nitrogens with zero attached hydrogens (tertiary/aromatic N) is 6. The predicted octanol–water partition coefficient (Wildman–Crippen LogP) is -0.804. The summed E-state index contributed by atoms with van der Waals surface area (Å²) >= 11 is 0. The van der Waals surface area contributed by atoms with Crippen molar-refractivity contribution in [2.75, 3.05) is 0 Å². The van der Waals surface area contributed by atoms with Gasteiger partial charge >= 0.3 is 12.2 Å². The molecule has 0 N–H and O–H groups in total. The van der Waals surface area contributed by atoms with Gasteiger partial charge in [0.1, 0.15) is 9.85 Å². The Hall–Kier alpha value is -2.66. The van der Waals surface area contributed by atoms with Crippen LogP contribution in [0.4, 0.5) is 5.95 Å². The number of hydrogen-bond acceptors (Lipinski definition) is 8. The van der Waals surface area contributed by atoms with E-state index in [1.165, 1.54) is 0 Å². The van der Waals surface area contributed by atoms with Gasteiger partial charge in [0.25, 0.3) is 0 Å². The van der Waals surface area contributed by atoms with Crippen molar-refractivity contribution in [2.24, 2.45) is 0 Å². The van der Waals surface area contributed by atoms with Crippen molar-refractivity contribution in [3.05, 3.63) is 36.7 Å². The lowest BCUT2D eigenvalue weighted by atomic mass is 10.9. The van der Waals surface area contributed by atoms with E-state index in [9.17, 15) is 30.3 Å². The van der Waals surface area contributed by atoms with Gasteiger partial charge in [-0.3, -0.25) is 20.2 Å². The van der Waals surface area contributed by atoms with Crippen LogP contribution in [0.1, 0.15) is 6.29 Å². The highest BCUT2D eigenvalue weighted by Gasteiger charge is 2.39. The molecule has 1 rings (SSSR count). The zero-order chi connectivity index (χ0) is 11.6. The predicted molar refractivity (Wildman–Crippen MR) is 39.7 cm³/mol. The third-order valence-corrected chi connectivity index (χ3v) is 1.27. The molecule has 1 aromatic heterocycles. The molecule has 12 heteroatoms. The minimum absolute atomic E-state index is 0.193. The fourth-order valence-corrected chi connectivity index (χ4v) is 0.731. The summed E-state index contributed by atoms with van der Waals surface area (Å²) in [4.78, 5) is 30.1. The van der Waals surface area contributed by atoms with Crippen LogP contribution in [0, 0.1) is 30.3 Å². The zero-order valence-corrected chi connectivity index (χ0v) is 6.79. The van der Waals surface area contributed by atoms with E-state index in [0.29, 0.717) is 6.33 Å². The summed E-state index contributed by atoms with van der Waals surface area (Å²) in [5, 5.41) is 33.5. The molecular weight excluding hydrogens is 216 g/mol. The van der Waals surface area contributed by atoms with Crippen molar-refractivity contribution in [3.63, 3.8) is 0 Å². The summed E-state index contributed by atoms with van der Waals surface area (Å²) in [6.45, 7) is 0. The maximum atomic E-state index is 10.2. The first-order valence-electron chi connectivity index (χ1n) is 3.26.